The topological polar surface area (TPSA) is 150 Å². The van der Waals surface area contributed by atoms with Gasteiger partial charge >= 0.3 is 36.4 Å². The third kappa shape index (κ3) is 17.2. The number of carboxylic acid groups (broad SMARTS) is 3. The molecule has 1 aliphatic carbocycles. The average Bonchev–Trinajstić information content (AvgIpc) is 3.36. The molecule has 3 atom stereocenters. The molecule has 45 heavy (non-hydrogen) atoms. The number of carbonyl (C=O) groups is 3. The molecule has 2 aliphatic rings. The van der Waals surface area contributed by atoms with Crippen LogP contribution in [0.5, 0.6) is 0 Å². The monoisotopic (exact) mass is 675 g/mol. The third-order valence-corrected chi connectivity index (χ3v) is 6.19. The lowest BCUT2D eigenvalue weighted by Gasteiger charge is -2.39. The van der Waals surface area contributed by atoms with E-state index in [2.05, 4.69) is 28.6 Å². The predicted molar refractivity (Wildman–Crippen MR) is 136 cm³/mol. The van der Waals surface area contributed by atoms with Crippen LogP contribution in [0, 0.1) is 0 Å². The van der Waals surface area contributed by atoms with Gasteiger partial charge in [0.2, 0.25) is 0 Å². The van der Waals surface area contributed by atoms with Crippen molar-refractivity contribution in [3.05, 3.63) is 30.1 Å². The summed E-state index contributed by atoms with van der Waals surface area (Å²) in [5.41, 5.74) is 1.18. The number of halogens is 9. The first kappa shape index (κ1) is 41.8. The maximum absolute atomic E-state index is 10.6. The van der Waals surface area contributed by atoms with Gasteiger partial charge in [0.1, 0.15) is 0 Å². The van der Waals surface area contributed by atoms with Crippen LogP contribution in [0.1, 0.15) is 32.3 Å². The van der Waals surface area contributed by atoms with E-state index in [9.17, 15) is 39.5 Å². The number of likely N-dealkylation sites (N-methyl/N-ethyl adjacent to an activating group) is 1. The second kappa shape index (κ2) is 19.3. The Bertz CT molecular complexity index is 967. The Morgan fingerprint density at radius 2 is 1.33 bits per heavy atom. The smallest absolute Gasteiger partial charge is 0.475 e. The molecule has 1 saturated carbocycles. The van der Waals surface area contributed by atoms with Crippen LogP contribution < -0.4 is 0 Å². The van der Waals surface area contributed by atoms with Gasteiger partial charge in [-0.1, -0.05) is 13.8 Å². The Kier molecular flexibility index (Phi) is 17.9. The average molecular weight is 676 g/mol. The zero-order chi connectivity index (χ0) is 35.0. The van der Waals surface area contributed by atoms with E-state index in [4.69, 9.17) is 39.2 Å². The standard InChI is InChI=1S/C19H31N3O2.3C2HF3O2/c1-3-21(4-2)11-12-22-13-14-23-19-17(22)5-6-18(19)24-15-16-7-9-20-10-8-16;3*3-2(4,5)1(6)7/h7-10,17-19H,3-6,11-15H2,1-2H3;3*(H,6,7)/t17-,18-,19+;;;/m0.../s1. The van der Waals surface area contributed by atoms with Crippen LogP contribution in [-0.4, -0.2) is 124 Å². The summed E-state index contributed by atoms with van der Waals surface area (Å²) in [4.78, 5) is 35.9. The van der Waals surface area contributed by atoms with Crippen LogP contribution in [0.3, 0.4) is 0 Å². The zero-order valence-electron chi connectivity index (χ0n) is 24.0. The molecular formula is C25H34F9N3O8. The molecule has 0 radical (unpaired) electrons. The quantitative estimate of drug-likeness (QED) is 0.343. The number of morpholine rings is 1. The molecule has 20 heteroatoms. The van der Waals surface area contributed by atoms with E-state index in [1.807, 2.05) is 24.5 Å². The lowest BCUT2D eigenvalue weighted by Crippen LogP contribution is -2.53. The molecule has 0 bridgehead atoms. The van der Waals surface area contributed by atoms with Gasteiger partial charge in [-0.05, 0) is 43.6 Å². The first-order valence-electron chi connectivity index (χ1n) is 13.1. The molecule has 260 valence electrons. The number of hydrogen-bond donors (Lipinski definition) is 3. The van der Waals surface area contributed by atoms with E-state index in [-0.39, 0.29) is 12.2 Å². The van der Waals surface area contributed by atoms with Crippen molar-refractivity contribution in [2.45, 2.75) is 70.1 Å². The van der Waals surface area contributed by atoms with E-state index in [1.165, 1.54) is 12.0 Å². The number of alkyl halides is 9. The highest BCUT2D eigenvalue weighted by molar-refractivity contribution is 5.73. The van der Waals surface area contributed by atoms with Gasteiger partial charge in [-0.2, -0.15) is 39.5 Å². The number of aliphatic carboxylic acids is 3. The van der Waals surface area contributed by atoms with Crippen molar-refractivity contribution >= 4 is 17.9 Å². The van der Waals surface area contributed by atoms with E-state index >= 15 is 0 Å². The number of nitrogens with zero attached hydrogens (tertiary/aromatic N) is 3. The molecule has 3 rings (SSSR count). The summed E-state index contributed by atoms with van der Waals surface area (Å²) in [6.07, 6.45) is -8.87. The molecule has 1 saturated heterocycles. The lowest BCUT2D eigenvalue weighted by atomic mass is 10.1. The first-order chi connectivity index (χ1) is 20.6. The summed E-state index contributed by atoms with van der Waals surface area (Å²) in [6.45, 7) is 11.6. The highest BCUT2D eigenvalue weighted by Crippen LogP contribution is 2.32. The van der Waals surface area contributed by atoms with Crippen molar-refractivity contribution in [1.82, 2.24) is 14.8 Å². The number of pyridine rings is 1. The van der Waals surface area contributed by atoms with Gasteiger partial charge in [0.25, 0.3) is 0 Å². The minimum atomic E-state index is -5.08. The maximum Gasteiger partial charge on any atom is 0.490 e. The van der Waals surface area contributed by atoms with Gasteiger partial charge in [-0.3, -0.25) is 9.88 Å². The Labute approximate surface area is 251 Å². The maximum atomic E-state index is 10.6. The second-order valence-electron chi connectivity index (χ2n) is 9.16. The van der Waals surface area contributed by atoms with Gasteiger partial charge in [0.15, 0.2) is 0 Å². The number of ether oxygens (including phenoxy) is 2. The number of rotatable bonds is 8. The summed E-state index contributed by atoms with van der Waals surface area (Å²) in [5, 5.41) is 21.4. The van der Waals surface area contributed by atoms with Crippen molar-refractivity contribution in [1.29, 1.82) is 0 Å². The fraction of sp³-hybridized carbons (Fsp3) is 0.680. The van der Waals surface area contributed by atoms with Crippen LogP contribution in [0.15, 0.2) is 24.5 Å². The van der Waals surface area contributed by atoms with E-state index in [0.29, 0.717) is 12.6 Å². The van der Waals surface area contributed by atoms with E-state index in [0.717, 1.165) is 45.8 Å². The minimum absolute atomic E-state index is 0.222. The molecule has 2 fully saturated rings. The Morgan fingerprint density at radius 3 is 1.73 bits per heavy atom. The van der Waals surface area contributed by atoms with Gasteiger partial charge < -0.3 is 29.7 Å². The van der Waals surface area contributed by atoms with Crippen molar-refractivity contribution in [3.8, 4) is 0 Å². The van der Waals surface area contributed by atoms with Gasteiger partial charge in [-0.15, -0.1) is 0 Å². The van der Waals surface area contributed by atoms with Crippen molar-refractivity contribution in [2.75, 3.05) is 39.3 Å². The van der Waals surface area contributed by atoms with Crippen molar-refractivity contribution in [3.63, 3.8) is 0 Å². The normalized spacial score (nSPS) is 20.0. The van der Waals surface area contributed by atoms with Crippen molar-refractivity contribution in [2.24, 2.45) is 0 Å². The molecular weight excluding hydrogens is 641 g/mol. The summed E-state index contributed by atoms with van der Waals surface area (Å²) in [7, 11) is 0. The summed E-state index contributed by atoms with van der Waals surface area (Å²) in [6, 6.07) is 4.56. The number of carboxylic acids is 3. The SMILES string of the molecule is CCN(CC)CCN1CCO[C@H]2[C@@H](OCc3ccncc3)CC[C@@H]21.O=C(O)C(F)(F)F.O=C(O)C(F)(F)F.O=C(O)C(F)(F)F. The van der Waals surface area contributed by atoms with Crippen LogP contribution in [0.2, 0.25) is 0 Å². The minimum Gasteiger partial charge on any atom is -0.475 e. The zero-order valence-corrected chi connectivity index (χ0v) is 24.0. The Hall–Kier alpha value is -3.23. The summed E-state index contributed by atoms with van der Waals surface area (Å²) < 4.78 is 107. The first-order valence-corrected chi connectivity index (χ1v) is 13.1. The van der Waals surface area contributed by atoms with Crippen LogP contribution in [0.4, 0.5) is 39.5 Å². The third-order valence-electron chi connectivity index (χ3n) is 6.19. The van der Waals surface area contributed by atoms with Crippen LogP contribution in [-0.2, 0) is 30.5 Å². The van der Waals surface area contributed by atoms with Gasteiger partial charge in [-0.25, -0.2) is 14.4 Å². The fourth-order valence-corrected chi connectivity index (χ4v) is 3.94. The highest BCUT2D eigenvalue weighted by Gasteiger charge is 2.43. The molecule has 0 unspecified atom stereocenters. The van der Waals surface area contributed by atoms with Gasteiger partial charge in [0.05, 0.1) is 25.4 Å². The lowest BCUT2D eigenvalue weighted by molar-refractivity contribution is -0.193. The number of hydrogen-bond acceptors (Lipinski definition) is 8. The molecule has 11 nitrogen and oxygen atoms in total. The summed E-state index contributed by atoms with van der Waals surface area (Å²) >= 11 is 0. The highest BCUT2D eigenvalue weighted by atomic mass is 19.4. The molecule has 1 aliphatic heterocycles. The molecule has 1 aromatic heterocycles. The van der Waals surface area contributed by atoms with Crippen LogP contribution >= 0.6 is 0 Å². The largest absolute Gasteiger partial charge is 0.490 e. The molecule has 0 aromatic carbocycles. The summed E-state index contributed by atoms with van der Waals surface area (Å²) in [5.74, 6) is -8.27. The molecule has 2 heterocycles. The number of aromatic nitrogens is 1. The van der Waals surface area contributed by atoms with Crippen LogP contribution in [0.25, 0.3) is 0 Å². The molecule has 3 N–H and O–H groups in total. The second-order valence-corrected chi connectivity index (χ2v) is 9.16. The van der Waals surface area contributed by atoms with Crippen molar-refractivity contribution < 1.29 is 78.7 Å². The predicted octanol–water partition coefficient (Wildman–Crippen LogP) is 4.07. The fourth-order valence-electron chi connectivity index (χ4n) is 3.94. The molecule has 0 amide bonds. The molecule has 1 aromatic rings. The number of fused-ring (bicyclic) bond motifs is 1. The van der Waals surface area contributed by atoms with E-state index in [1.54, 1.807) is 0 Å². The molecule has 0 spiro atoms. The Morgan fingerprint density at radius 1 is 0.889 bits per heavy atom. The van der Waals surface area contributed by atoms with E-state index < -0.39 is 36.4 Å². The Balaban J connectivity index is 0.000000753. The van der Waals surface area contributed by atoms with Gasteiger partial charge in [0, 0.05) is 38.1 Å².